The lowest BCUT2D eigenvalue weighted by molar-refractivity contribution is -0.155. The van der Waals surface area contributed by atoms with Gasteiger partial charge in [0.2, 0.25) is 0 Å². The number of rotatable bonds is 4. The van der Waals surface area contributed by atoms with E-state index >= 15 is 0 Å². The number of halogens is 3. The quantitative estimate of drug-likeness (QED) is 0.632. The first kappa shape index (κ1) is 13.8. The third-order valence-corrected chi connectivity index (χ3v) is 2.46. The van der Waals surface area contributed by atoms with Gasteiger partial charge in [0, 0.05) is 6.42 Å². The van der Waals surface area contributed by atoms with Crippen molar-refractivity contribution in [1.29, 1.82) is 0 Å². The summed E-state index contributed by atoms with van der Waals surface area (Å²) in [6.07, 6.45) is -4.64. The fourth-order valence-electron chi connectivity index (χ4n) is 1.56. The van der Waals surface area contributed by atoms with Crippen LogP contribution in [-0.2, 0) is 6.42 Å². The topological polar surface area (TPSA) is 47.3 Å². The Morgan fingerprint density at radius 1 is 1.41 bits per heavy atom. The number of hydrazine groups is 1. The Bertz CT molecular complexity index is 379. The van der Waals surface area contributed by atoms with Gasteiger partial charge in [0.25, 0.3) is 0 Å². The second-order valence-electron chi connectivity index (χ2n) is 3.78. The summed E-state index contributed by atoms with van der Waals surface area (Å²) >= 11 is 0. The molecule has 1 unspecified atom stereocenters. The minimum Gasteiger partial charge on any atom is -0.496 e. The molecule has 1 atom stereocenters. The summed E-state index contributed by atoms with van der Waals surface area (Å²) in [6, 6.07) is 3.31. The van der Waals surface area contributed by atoms with Gasteiger partial charge in [0.1, 0.15) is 11.8 Å². The zero-order chi connectivity index (χ0) is 13.1. The summed E-state index contributed by atoms with van der Waals surface area (Å²) in [5.41, 5.74) is 3.13. The van der Waals surface area contributed by atoms with Crippen molar-refractivity contribution in [2.24, 2.45) is 5.84 Å². The monoisotopic (exact) mass is 248 g/mol. The summed E-state index contributed by atoms with van der Waals surface area (Å²) in [6.45, 7) is 1.81. The van der Waals surface area contributed by atoms with Gasteiger partial charge in [-0.3, -0.25) is 5.84 Å². The number of nitrogens with two attached hydrogens (primary N) is 1. The molecule has 3 N–H and O–H groups in total. The number of alkyl halides is 3. The first-order valence-corrected chi connectivity index (χ1v) is 5.05. The molecule has 17 heavy (non-hydrogen) atoms. The number of ether oxygens (including phenoxy) is 1. The molecular weight excluding hydrogens is 233 g/mol. The molecule has 0 aromatic heterocycles. The van der Waals surface area contributed by atoms with Crippen molar-refractivity contribution in [3.63, 3.8) is 0 Å². The van der Waals surface area contributed by atoms with Crippen molar-refractivity contribution in [3.05, 3.63) is 29.3 Å². The van der Waals surface area contributed by atoms with Crippen LogP contribution in [0, 0.1) is 6.92 Å². The highest BCUT2D eigenvalue weighted by atomic mass is 19.4. The first-order chi connectivity index (χ1) is 7.88. The van der Waals surface area contributed by atoms with E-state index in [1.165, 1.54) is 7.11 Å². The van der Waals surface area contributed by atoms with Crippen LogP contribution in [0.5, 0.6) is 5.75 Å². The van der Waals surface area contributed by atoms with E-state index in [4.69, 9.17) is 10.6 Å². The van der Waals surface area contributed by atoms with Crippen LogP contribution in [-0.4, -0.2) is 19.3 Å². The maximum Gasteiger partial charge on any atom is 0.405 e. The van der Waals surface area contributed by atoms with E-state index in [1.807, 2.05) is 0 Å². The third-order valence-electron chi connectivity index (χ3n) is 2.46. The molecule has 0 amide bonds. The van der Waals surface area contributed by atoms with Crippen molar-refractivity contribution in [3.8, 4) is 5.75 Å². The van der Waals surface area contributed by atoms with Crippen LogP contribution in [0.1, 0.15) is 11.1 Å². The lowest BCUT2D eigenvalue weighted by Crippen LogP contribution is -2.47. The first-order valence-electron chi connectivity index (χ1n) is 5.05. The number of hydrogen-bond acceptors (Lipinski definition) is 3. The van der Waals surface area contributed by atoms with Crippen LogP contribution in [0.15, 0.2) is 18.2 Å². The highest BCUT2D eigenvalue weighted by molar-refractivity contribution is 5.37. The molecule has 6 heteroatoms. The molecule has 0 aliphatic rings. The summed E-state index contributed by atoms with van der Waals surface area (Å²) in [4.78, 5) is 0. The molecule has 0 spiro atoms. The van der Waals surface area contributed by atoms with Crippen LogP contribution < -0.4 is 16.0 Å². The van der Waals surface area contributed by atoms with E-state index < -0.39 is 12.2 Å². The van der Waals surface area contributed by atoms with Crippen molar-refractivity contribution in [1.82, 2.24) is 5.43 Å². The molecule has 1 rings (SSSR count). The zero-order valence-electron chi connectivity index (χ0n) is 9.64. The predicted molar refractivity (Wildman–Crippen MR) is 58.6 cm³/mol. The maximum absolute atomic E-state index is 12.6. The second-order valence-corrected chi connectivity index (χ2v) is 3.78. The average Bonchev–Trinajstić information content (AvgIpc) is 2.24. The van der Waals surface area contributed by atoms with E-state index in [1.54, 1.807) is 30.5 Å². The van der Waals surface area contributed by atoms with E-state index in [0.717, 1.165) is 5.56 Å². The standard InChI is InChI=1S/C11H15F3N2O/c1-7-3-4-9(17-2)8(5-7)6-10(16-15)11(12,13)14/h3-5,10,16H,6,15H2,1-2H3. The molecule has 0 fully saturated rings. The van der Waals surface area contributed by atoms with Gasteiger partial charge in [-0.25, -0.2) is 5.43 Å². The Balaban J connectivity index is 2.96. The van der Waals surface area contributed by atoms with Crippen LogP contribution in [0.3, 0.4) is 0 Å². The fraction of sp³-hybridized carbons (Fsp3) is 0.455. The number of methoxy groups -OCH3 is 1. The summed E-state index contributed by atoms with van der Waals surface area (Å²) in [7, 11) is 1.42. The molecule has 1 aromatic carbocycles. The number of aryl methyl sites for hydroxylation is 1. The largest absolute Gasteiger partial charge is 0.496 e. The van der Waals surface area contributed by atoms with Gasteiger partial charge < -0.3 is 4.74 Å². The number of hydrogen-bond donors (Lipinski definition) is 2. The lowest BCUT2D eigenvalue weighted by Gasteiger charge is -2.20. The summed E-state index contributed by atoms with van der Waals surface area (Å²) in [5, 5.41) is 0. The minimum absolute atomic E-state index is 0.259. The van der Waals surface area contributed by atoms with E-state index in [2.05, 4.69) is 0 Å². The summed E-state index contributed by atoms with van der Waals surface area (Å²) < 4.78 is 42.7. The normalized spacial score (nSPS) is 13.5. The lowest BCUT2D eigenvalue weighted by atomic mass is 10.0. The van der Waals surface area contributed by atoms with Gasteiger partial charge in [0.05, 0.1) is 7.11 Å². The van der Waals surface area contributed by atoms with Crippen molar-refractivity contribution in [2.45, 2.75) is 25.6 Å². The third kappa shape index (κ3) is 3.61. The minimum atomic E-state index is -4.39. The molecule has 0 aliphatic heterocycles. The molecule has 0 heterocycles. The van der Waals surface area contributed by atoms with Gasteiger partial charge in [-0.15, -0.1) is 0 Å². The molecule has 96 valence electrons. The average molecular weight is 248 g/mol. The number of benzene rings is 1. The highest BCUT2D eigenvalue weighted by Gasteiger charge is 2.39. The Morgan fingerprint density at radius 3 is 2.53 bits per heavy atom. The summed E-state index contributed by atoms with van der Waals surface area (Å²) in [5.74, 6) is 5.36. The van der Waals surface area contributed by atoms with Gasteiger partial charge in [-0.1, -0.05) is 17.7 Å². The Labute approximate surface area is 97.7 Å². The van der Waals surface area contributed by atoms with Crippen LogP contribution in [0.4, 0.5) is 13.2 Å². The highest BCUT2D eigenvalue weighted by Crippen LogP contribution is 2.27. The van der Waals surface area contributed by atoms with Crippen molar-refractivity contribution >= 4 is 0 Å². The van der Waals surface area contributed by atoms with Crippen LogP contribution >= 0.6 is 0 Å². The van der Waals surface area contributed by atoms with E-state index in [0.29, 0.717) is 11.3 Å². The molecule has 0 radical (unpaired) electrons. The van der Waals surface area contributed by atoms with E-state index in [-0.39, 0.29) is 6.42 Å². The Kier molecular flexibility index (Phi) is 4.36. The van der Waals surface area contributed by atoms with Gasteiger partial charge >= 0.3 is 6.18 Å². The molecule has 1 aromatic rings. The molecule has 3 nitrogen and oxygen atoms in total. The maximum atomic E-state index is 12.6. The zero-order valence-corrected chi connectivity index (χ0v) is 9.64. The van der Waals surface area contributed by atoms with Crippen LogP contribution in [0.2, 0.25) is 0 Å². The predicted octanol–water partition coefficient (Wildman–Crippen LogP) is 1.94. The SMILES string of the molecule is COc1ccc(C)cc1CC(NN)C(F)(F)F. The van der Waals surface area contributed by atoms with Gasteiger partial charge in [-0.05, 0) is 18.6 Å². The Hall–Kier alpha value is -1.27. The fourth-order valence-corrected chi connectivity index (χ4v) is 1.56. The molecule has 0 saturated carbocycles. The molecular formula is C11H15F3N2O. The van der Waals surface area contributed by atoms with Gasteiger partial charge in [0.15, 0.2) is 0 Å². The van der Waals surface area contributed by atoms with Crippen LogP contribution in [0.25, 0.3) is 0 Å². The second kappa shape index (κ2) is 5.37. The van der Waals surface area contributed by atoms with Gasteiger partial charge in [-0.2, -0.15) is 13.2 Å². The Morgan fingerprint density at radius 2 is 2.06 bits per heavy atom. The smallest absolute Gasteiger partial charge is 0.405 e. The van der Waals surface area contributed by atoms with Crippen molar-refractivity contribution < 1.29 is 17.9 Å². The molecule has 0 saturated heterocycles. The van der Waals surface area contributed by atoms with Crippen molar-refractivity contribution in [2.75, 3.05) is 7.11 Å². The molecule has 0 aliphatic carbocycles. The molecule has 0 bridgehead atoms. The number of nitrogens with one attached hydrogen (secondary N) is 1. The van der Waals surface area contributed by atoms with E-state index in [9.17, 15) is 13.2 Å².